The van der Waals surface area contributed by atoms with E-state index < -0.39 is 0 Å². The lowest BCUT2D eigenvalue weighted by molar-refractivity contribution is 0.664. The number of hydrogen-bond acceptors (Lipinski definition) is 2. The third-order valence-electron chi connectivity index (χ3n) is 1.64. The van der Waals surface area contributed by atoms with Gasteiger partial charge in [0.15, 0.2) is 0 Å². The van der Waals surface area contributed by atoms with E-state index in [1.807, 2.05) is 0 Å². The summed E-state index contributed by atoms with van der Waals surface area (Å²) in [5, 5.41) is 7.41. The molecule has 1 fully saturated rings. The van der Waals surface area contributed by atoms with E-state index in [9.17, 15) is 0 Å². The van der Waals surface area contributed by atoms with Gasteiger partial charge in [0.25, 0.3) is 0 Å². The topological polar surface area (TPSA) is 24.7 Å². The first-order valence-electron chi connectivity index (χ1n) is 3.45. The number of hydrogen-bond donors (Lipinski definition) is 0. The molecule has 9 heavy (non-hydrogen) atoms. The lowest BCUT2D eigenvalue weighted by Gasteiger charge is -2.09. The summed E-state index contributed by atoms with van der Waals surface area (Å²) in [6.45, 7) is 3.32. The average Bonchev–Trinajstić information content (AvgIpc) is 1.91. The summed E-state index contributed by atoms with van der Waals surface area (Å²) in [5.74, 6) is 0. The maximum absolute atomic E-state index is 3.91. The van der Waals surface area contributed by atoms with Crippen LogP contribution in [-0.4, -0.2) is 12.4 Å². The van der Waals surface area contributed by atoms with E-state index in [1.54, 1.807) is 0 Å². The Bertz CT molecular complexity index is 119. The fraction of sp³-hybridized carbons (Fsp3) is 0.714. The van der Waals surface area contributed by atoms with Crippen molar-refractivity contribution in [2.24, 2.45) is 10.2 Å². The third-order valence-corrected chi connectivity index (χ3v) is 1.64. The van der Waals surface area contributed by atoms with E-state index in [1.165, 1.54) is 25.0 Å². The molecular weight excluding hydrogens is 112 g/mol. The van der Waals surface area contributed by atoms with Gasteiger partial charge in [-0.3, -0.25) is 0 Å². The second kappa shape index (κ2) is 3.38. The highest BCUT2D eigenvalue weighted by atomic mass is 15.2. The summed E-state index contributed by atoms with van der Waals surface area (Å²) in [6, 6.07) is 0. The van der Waals surface area contributed by atoms with Gasteiger partial charge in [0.05, 0.1) is 0 Å². The van der Waals surface area contributed by atoms with Gasteiger partial charge in [0.1, 0.15) is 0 Å². The molecule has 1 aliphatic carbocycles. The van der Waals surface area contributed by atoms with E-state index in [0.717, 1.165) is 12.8 Å². The Hall–Kier alpha value is -0.660. The standard InChI is InChI=1S/C7H12N2/c1-8-9-7-5-3-2-4-6-7/h1-6H2. The Kier molecular flexibility index (Phi) is 2.43. The summed E-state index contributed by atoms with van der Waals surface area (Å²) in [6.07, 6.45) is 6.21. The second-order valence-corrected chi connectivity index (χ2v) is 2.37. The lowest BCUT2D eigenvalue weighted by Crippen LogP contribution is -2.03. The molecule has 0 amide bonds. The summed E-state index contributed by atoms with van der Waals surface area (Å²) in [4.78, 5) is 0. The van der Waals surface area contributed by atoms with Crippen molar-refractivity contribution < 1.29 is 0 Å². The molecule has 0 aromatic carbocycles. The Labute approximate surface area is 55.7 Å². The molecule has 0 aliphatic heterocycles. The maximum atomic E-state index is 3.91. The van der Waals surface area contributed by atoms with Crippen LogP contribution in [0.2, 0.25) is 0 Å². The lowest BCUT2D eigenvalue weighted by atomic mass is 9.99. The molecule has 0 aromatic heterocycles. The van der Waals surface area contributed by atoms with Gasteiger partial charge in [0, 0.05) is 12.4 Å². The highest BCUT2D eigenvalue weighted by molar-refractivity contribution is 5.84. The molecule has 0 saturated heterocycles. The van der Waals surface area contributed by atoms with Crippen LogP contribution in [-0.2, 0) is 0 Å². The Morgan fingerprint density at radius 3 is 2.33 bits per heavy atom. The van der Waals surface area contributed by atoms with Crippen molar-refractivity contribution in [1.29, 1.82) is 0 Å². The second-order valence-electron chi connectivity index (χ2n) is 2.37. The average molecular weight is 124 g/mol. The van der Waals surface area contributed by atoms with Crippen LogP contribution in [0.5, 0.6) is 0 Å². The van der Waals surface area contributed by atoms with E-state index >= 15 is 0 Å². The largest absolute Gasteiger partial charge is 0.167 e. The molecule has 0 bridgehead atoms. The minimum absolute atomic E-state index is 1.14. The number of rotatable bonds is 1. The molecule has 2 nitrogen and oxygen atoms in total. The van der Waals surface area contributed by atoms with Crippen LogP contribution in [0.4, 0.5) is 0 Å². The molecule has 0 aromatic rings. The van der Waals surface area contributed by atoms with Crippen LogP contribution in [0, 0.1) is 0 Å². The van der Waals surface area contributed by atoms with Gasteiger partial charge in [-0.05, 0) is 25.7 Å². The SMILES string of the molecule is C=NN=C1CCCCC1. The first-order valence-corrected chi connectivity index (χ1v) is 3.45. The highest BCUT2D eigenvalue weighted by Gasteiger charge is 2.05. The molecule has 0 spiro atoms. The molecule has 2 heteroatoms. The molecule has 50 valence electrons. The molecule has 1 saturated carbocycles. The number of nitrogens with zero attached hydrogens (tertiary/aromatic N) is 2. The Morgan fingerprint density at radius 2 is 1.78 bits per heavy atom. The van der Waals surface area contributed by atoms with Crippen LogP contribution < -0.4 is 0 Å². The monoisotopic (exact) mass is 124 g/mol. The van der Waals surface area contributed by atoms with Gasteiger partial charge in [0.2, 0.25) is 0 Å². The summed E-state index contributed by atoms with van der Waals surface area (Å²) >= 11 is 0. The first kappa shape index (κ1) is 6.46. The Morgan fingerprint density at radius 1 is 1.11 bits per heavy atom. The zero-order valence-corrected chi connectivity index (χ0v) is 5.64. The maximum Gasteiger partial charge on any atom is 0.0405 e. The van der Waals surface area contributed by atoms with Crippen molar-refractivity contribution in [1.82, 2.24) is 0 Å². The van der Waals surface area contributed by atoms with E-state index in [-0.39, 0.29) is 0 Å². The Balaban J connectivity index is 2.39. The smallest absolute Gasteiger partial charge is 0.0405 e. The van der Waals surface area contributed by atoms with Crippen LogP contribution in [0.15, 0.2) is 10.2 Å². The minimum atomic E-state index is 1.14. The van der Waals surface area contributed by atoms with Crippen LogP contribution in [0.3, 0.4) is 0 Å². The van der Waals surface area contributed by atoms with Gasteiger partial charge in [-0.2, -0.15) is 10.2 Å². The van der Waals surface area contributed by atoms with E-state index in [0.29, 0.717) is 0 Å². The normalized spacial score (nSPS) is 19.3. The van der Waals surface area contributed by atoms with Gasteiger partial charge in [-0.15, -0.1) is 0 Å². The minimum Gasteiger partial charge on any atom is -0.167 e. The zero-order valence-electron chi connectivity index (χ0n) is 5.64. The molecular formula is C7H12N2. The molecule has 0 atom stereocenters. The molecule has 1 rings (SSSR count). The van der Waals surface area contributed by atoms with Gasteiger partial charge >= 0.3 is 0 Å². The predicted octanol–water partition coefficient (Wildman–Crippen LogP) is 2.01. The van der Waals surface area contributed by atoms with Gasteiger partial charge < -0.3 is 0 Å². The predicted molar refractivity (Wildman–Crippen MR) is 40.1 cm³/mol. The molecule has 0 heterocycles. The van der Waals surface area contributed by atoms with Crippen molar-refractivity contribution in [3.05, 3.63) is 0 Å². The first-order chi connectivity index (χ1) is 4.43. The van der Waals surface area contributed by atoms with E-state index in [4.69, 9.17) is 0 Å². The molecule has 0 N–H and O–H groups in total. The van der Waals surface area contributed by atoms with Crippen LogP contribution >= 0.6 is 0 Å². The zero-order chi connectivity index (χ0) is 6.53. The van der Waals surface area contributed by atoms with Crippen molar-refractivity contribution in [3.63, 3.8) is 0 Å². The van der Waals surface area contributed by atoms with Crippen molar-refractivity contribution in [3.8, 4) is 0 Å². The summed E-state index contributed by atoms with van der Waals surface area (Å²) < 4.78 is 0. The third kappa shape index (κ3) is 1.96. The molecule has 0 radical (unpaired) electrons. The van der Waals surface area contributed by atoms with Crippen molar-refractivity contribution in [2.45, 2.75) is 32.1 Å². The summed E-state index contributed by atoms with van der Waals surface area (Å²) in [7, 11) is 0. The highest BCUT2D eigenvalue weighted by Crippen LogP contribution is 2.14. The van der Waals surface area contributed by atoms with Crippen LogP contribution in [0.25, 0.3) is 0 Å². The van der Waals surface area contributed by atoms with E-state index in [2.05, 4.69) is 16.9 Å². The fourth-order valence-corrected chi connectivity index (χ4v) is 1.16. The molecule has 1 aliphatic rings. The van der Waals surface area contributed by atoms with Gasteiger partial charge in [-0.1, -0.05) is 6.42 Å². The van der Waals surface area contributed by atoms with Gasteiger partial charge in [-0.25, -0.2) is 0 Å². The fourth-order valence-electron chi connectivity index (χ4n) is 1.16. The molecule has 0 unspecified atom stereocenters. The summed E-state index contributed by atoms with van der Waals surface area (Å²) in [5.41, 5.74) is 1.23. The van der Waals surface area contributed by atoms with Crippen molar-refractivity contribution >= 4 is 12.4 Å². The van der Waals surface area contributed by atoms with Crippen LogP contribution in [0.1, 0.15) is 32.1 Å². The quantitative estimate of drug-likeness (QED) is 0.377. The van der Waals surface area contributed by atoms with Crippen molar-refractivity contribution in [2.75, 3.05) is 0 Å².